The number of imide groups is 1. The second-order valence-electron chi connectivity index (χ2n) is 9.90. The molecule has 1 saturated heterocycles. The van der Waals surface area contributed by atoms with Gasteiger partial charge in [-0.15, -0.1) is 0 Å². The maximum Gasteiger partial charge on any atom is 0.321 e. The zero-order chi connectivity index (χ0) is 26.9. The number of hydrogen-bond donors (Lipinski definition) is 3. The number of allylic oxidation sites excluding steroid dienone is 3. The van der Waals surface area contributed by atoms with E-state index in [0.29, 0.717) is 55.3 Å². The third-order valence-electron chi connectivity index (χ3n) is 7.51. The molecule has 12 heteroatoms. The number of amides is 5. The molecule has 200 valence electrons. The van der Waals surface area contributed by atoms with Crippen molar-refractivity contribution in [2.75, 3.05) is 26.8 Å². The minimum atomic E-state index is -0.986. The Labute approximate surface area is 224 Å². The number of urea groups is 1. The third kappa shape index (κ3) is 5.08. The Balaban J connectivity index is 1.28. The summed E-state index contributed by atoms with van der Waals surface area (Å²) >= 11 is 6.38. The first kappa shape index (κ1) is 26.1. The Hall–Kier alpha value is -3.57. The van der Waals surface area contributed by atoms with Crippen LogP contribution in [0.2, 0.25) is 5.02 Å². The van der Waals surface area contributed by atoms with Gasteiger partial charge in [-0.25, -0.2) is 9.79 Å². The minimum Gasteiger partial charge on any atom is -0.381 e. The summed E-state index contributed by atoms with van der Waals surface area (Å²) in [5, 5.41) is 7.95. The number of amidine groups is 1. The number of fused-ring (bicyclic) bond motifs is 1. The number of pyridine rings is 1. The lowest BCUT2D eigenvalue weighted by molar-refractivity contribution is -0.137. The molecule has 1 aromatic rings. The molecule has 5 rings (SSSR count). The summed E-state index contributed by atoms with van der Waals surface area (Å²) in [6, 6.07) is 2.83. The van der Waals surface area contributed by atoms with Gasteiger partial charge in [-0.2, -0.15) is 0 Å². The van der Waals surface area contributed by atoms with Gasteiger partial charge in [-0.1, -0.05) is 23.8 Å². The number of aliphatic imine (C=N–C) groups is 1. The van der Waals surface area contributed by atoms with Crippen molar-refractivity contribution < 1.29 is 23.9 Å². The average molecular weight is 541 g/mol. The van der Waals surface area contributed by atoms with Gasteiger partial charge in [0.1, 0.15) is 17.8 Å². The van der Waals surface area contributed by atoms with Crippen molar-refractivity contribution in [2.45, 2.75) is 31.2 Å². The summed E-state index contributed by atoms with van der Waals surface area (Å²) in [6.45, 7) is 0.561. The number of rotatable bonds is 5. The highest BCUT2D eigenvalue weighted by Crippen LogP contribution is 2.41. The molecule has 2 fully saturated rings. The maximum absolute atomic E-state index is 13.6. The molecular weight excluding hydrogens is 512 g/mol. The minimum absolute atomic E-state index is 0.0547. The molecule has 38 heavy (non-hydrogen) atoms. The molecule has 11 nitrogen and oxygen atoms in total. The zero-order valence-corrected chi connectivity index (χ0v) is 21.7. The van der Waals surface area contributed by atoms with E-state index >= 15 is 0 Å². The number of carbonyl (C=O) groups excluding carboxylic acids is 4. The highest BCUT2D eigenvalue weighted by molar-refractivity contribution is 6.34. The fourth-order valence-electron chi connectivity index (χ4n) is 5.52. The number of aromatic nitrogens is 1. The molecule has 1 spiro atoms. The summed E-state index contributed by atoms with van der Waals surface area (Å²) in [5.41, 5.74) is -0.0317. The van der Waals surface area contributed by atoms with Gasteiger partial charge in [0, 0.05) is 50.9 Å². The SMILES string of the molecule is CNC(=O)NC(=O)C1CC2C=CC(NC(=O)CN3C(=O)C4(CCOCC4)N=C3c3ncccc3Cl)=CC2C1. The molecule has 3 unspecified atom stereocenters. The fraction of sp³-hybridized carbons (Fsp3) is 0.462. The summed E-state index contributed by atoms with van der Waals surface area (Å²) in [6.07, 6.45) is 9.33. The van der Waals surface area contributed by atoms with Crippen LogP contribution < -0.4 is 16.0 Å². The molecule has 1 aromatic heterocycles. The Kier molecular flexibility index (Phi) is 7.31. The predicted octanol–water partition coefficient (Wildman–Crippen LogP) is 1.54. The number of nitrogens with zero attached hydrogens (tertiary/aromatic N) is 3. The Morgan fingerprint density at radius 2 is 1.97 bits per heavy atom. The summed E-state index contributed by atoms with van der Waals surface area (Å²) in [7, 11) is 1.45. The number of carbonyl (C=O) groups is 4. The number of nitrogens with one attached hydrogen (secondary N) is 3. The third-order valence-corrected chi connectivity index (χ3v) is 7.81. The monoisotopic (exact) mass is 540 g/mol. The van der Waals surface area contributed by atoms with Crippen molar-refractivity contribution in [3.63, 3.8) is 0 Å². The van der Waals surface area contributed by atoms with Crippen LogP contribution in [0.5, 0.6) is 0 Å². The van der Waals surface area contributed by atoms with Crippen LogP contribution in [0.3, 0.4) is 0 Å². The second-order valence-corrected chi connectivity index (χ2v) is 10.3. The molecule has 3 N–H and O–H groups in total. The van der Waals surface area contributed by atoms with Crippen molar-refractivity contribution in [1.82, 2.24) is 25.8 Å². The zero-order valence-electron chi connectivity index (χ0n) is 20.9. The van der Waals surface area contributed by atoms with Gasteiger partial charge in [0.2, 0.25) is 11.8 Å². The molecule has 0 radical (unpaired) electrons. The molecule has 2 aliphatic carbocycles. The Morgan fingerprint density at radius 3 is 2.71 bits per heavy atom. The van der Waals surface area contributed by atoms with E-state index in [2.05, 4.69) is 20.9 Å². The molecule has 3 heterocycles. The quantitative estimate of drug-likeness (QED) is 0.517. The van der Waals surface area contributed by atoms with Gasteiger partial charge in [0.15, 0.2) is 5.84 Å². The maximum atomic E-state index is 13.6. The van der Waals surface area contributed by atoms with E-state index in [0.717, 1.165) is 0 Å². The first-order chi connectivity index (χ1) is 18.3. The molecule has 1 saturated carbocycles. The van der Waals surface area contributed by atoms with Crippen LogP contribution in [0.4, 0.5) is 4.79 Å². The van der Waals surface area contributed by atoms with E-state index in [1.165, 1.54) is 11.9 Å². The molecule has 4 aliphatic rings. The normalized spacial score (nSPS) is 25.5. The predicted molar refractivity (Wildman–Crippen MR) is 138 cm³/mol. The van der Waals surface area contributed by atoms with Crippen LogP contribution >= 0.6 is 11.6 Å². The van der Waals surface area contributed by atoms with Crippen molar-refractivity contribution in [3.8, 4) is 0 Å². The van der Waals surface area contributed by atoms with Gasteiger partial charge >= 0.3 is 6.03 Å². The largest absolute Gasteiger partial charge is 0.381 e. The van der Waals surface area contributed by atoms with Crippen LogP contribution in [0.25, 0.3) is 0 Å². The van der Waals surface area contributed by atoms with Crippen LogP contribution in [0.1, 0.15) is 31.4 Å². The smallest absolute Gasteiger partial charge is 0.321 e. The molecule has 5 amide bonds. The Bertz CT molecular complexity index is 1250. The van der Waals surface area contributed by atoms with Crippen molar-refractivity contribution >= 4 is 41.2 Å². The van der Waals surface area contributed by atoms with E-state index < -0.39 is 11.6 Å². The van der Waals surface area contributed by atoms with Crippen molar-refractivity contribution in [3.05, 3.63) is 53.0 Å². The van der Waals surface area contributed by atoms with Crippen molar-refractivity contribution in [2.24, 2.45) is 22.7 Å². The highest BCUT2D eigenvalue weighted by Gasteiger charge is 2.50. The van der Waals surface area contributed by atoms with Crippen LogP contribution in [-0.4, -0.2) is 71.8 Å². The molecule has 3 atom stereocenters. The number of ether oxygens (including phenoxy) is 1. The van der Waals surface area contributed by atoms with E-state index in [9.17, 15) is 19.2 Å². The lowest BCUT2D eigenvalue weighted by atomic mass is 9.90. The van der Waals surface area contributed by atoms with Gasteiger partial charge in [0.05, 0.1) is 5.02 Å². The van der Waals surface area contributed by atoms with E-state index in [1.807, 2.05) is 18.2 Å². The second kappa shape index (κ2) is 10.7. The van der Waals surface area contributed by atoms with Gasteiger partial charge in [0.25, 0.3) is 5.91 Å². The molecular formula is C26H29ClN6O5. The van der Waals surface area contributed by atoms with E-state index in [4.69, 9.17) is 21.3 Å². The summed E-state index contributed by atoms with van der Waals surface area (Å²) in [5.74, 6) is -0.760. The van der Waals surface area contributed by atoms with Crippen molar-refractivity contribution in [1.29, 1.82) is 0 Å². The molecule has 2 aliphatic heterocycles. The first-order valence-corrected chi connectivity index (χ1v) is 13.0. The van der Waals surface area contributed by atoms with Gasteiger partial charge in [-0.3, -0.25) is 29.6 Å². The van der Waals surface area contributed by atoms with E-state index in [-0.39, 0.29) is 47.9 Å². The lowest BCUT2D eigenvalue weighted by Gasteiger charge is -2.29. The standard InChI is InChI=1S/C26H29ClN6O5/c1-28-25(37)31-23(35)17-11-15-4-5-18(13-16(15)12-17)30-20(34)14-33-22(21-19(27)3-2-8-29-21)32-26(24(33)36)6-9-38-10-7-26/h2-5,8,13,15-17H,6-7,9-12,14H2,1H3,(H,30,34)(H2,28,31,35,37). The average Bonchev–Trinajstić information content (AvgIpc) is 3.44. The number of halogens is 1. The summed E-state index contributed by atoms with van der Waals surface area (Å²) in [4.78, 5) is 61.0. The lowest BCUT2D eigenvalue weighted by Crippen LogP contribution is -2.49. The van der Waals surface area contributed by atoms with E-state index in [1.54, 1.807) is 18.3 Å². The van der Waals surface area contributed by atoms with Gasteiger partial charge < -0.3 is 15.4 Å². The van der Waals surface area contributed by atoms with Gasteiger partial charge in [-0.05, 0) is 42.9 Å². The Morgan fingerprint density at radius 1 is 1.21 bits per heavy atom. The number of hydrogen-bond acceptors (Lipinski definition) is 7. The highest BCUT2D eigenvalue weighted by atomic mass is 35.5. The first-order valence-electron chi connectivity index (χ1n) is 12.6. The van der Waals surface area contributed by atoms with Crippen LogP contribution in [-0.2, 0) is 19.1 Å². The molecule has 0 aromatic carbocycles. The van der Waals surface area contributed by atoms with Crippen LogP contribution in [0, 0.1) is 17.8 Å². The summed E-state index contributed by atoms with van der Waals surface area (Å²) < 4.78 is 5.45. The molecule has 0 bridgehead atoms. The topological polar surface area (TPSA) is 142 Å². The van der Waals surface area contributed by atoms with Crippen LogP contribution in [0.15, 0.2) is 47.2 Å². The fourth-order valence-corrected chi connectivity index (χ4v) is 5.72.